The molecule has 0 unspecified atom stereocenters. The summed E-state index contributed by atoms with van der Waals surface area (Å²) < 4.78 is 6.50. The van der Waals surface area contributed by atoms with Gasteiger partial charge in [0.25, 0.3) is 5.91 Å². The summed E-state index contributed by atoms with van der Waals surface area (Å²) >= 11 is 0. The van der Waals surface area contributed by atoms with Crippen LogP contribution in [0, 0.1) is 0 Å². The van der Waals surface area contributed by atoms with Crippen molar-refractivity contribution < 1.29 is 14.3 Å². The zero-order chi connectivity index (χ0) is 14.8. The van der Waals surface area contributed by atoms with E-state index >= 15 is 0 Å². The smallest absolute Gasteiger partial charge is 0.408 e. The van der Waals surface area contributed by atoms with Crippen molar-refractivity contribution in [1.29, 1.82) is 0 Å². The second kappa shape index (κ2) is 5.71. The molecule has 1 aliphatic rings. The molecule has 2 heterocycles. The van der Waals surface area contributed by atoms with Gasteiger partial charge < -0.3 is 19.7 Å². The number of benzene rings is 1. The quantitative estimate of drug-likeness (QED) is 0.806. The highest BCUT2D eigenvalue weighted by atomic mass is 16.4. The maximum Gasteiger partial charge on any atom is 0.420 e. The first kappa shape index (κ1) is 13.8. The Labute approximate surface area is 120 Å². The van der Waals surface area contributed by atoms with E-state index in [1.54, 1.807) is 23.1 Å². The van der Waals surface area contributed by atoms with Crippen molar-refractivity contribution in [1.82, 2.24) is 14.8 Å². The SMILES string of the molecule is O=C(c1ccc2c(c1)oc(=O)n2CCO)N1CCNCC1. The monoisotopic (exact) mass is 291 g/mol. The number of oxazole rings is 1. The maximum atomic E-state index is 12.4. The minimum Gasteiger partial charge on any atom is -0.408 e. The molecule has 0 atom stereocenters. The van der Waals surface area contributed by atoms with Crippen molar-refractivity contribution in [2.75, 3.05) is 32.8 Å². The fourth-order valence-corrected chi connectivity index (χ4v) is 2.56. The number of aliphatic hydroxyl groups is 1. The molecule has 2 aromatic rings. The summed E-state index contributed by atoms with van der Waals surface area (Å²) in [5.41, 5.74) is 1.47. The predicted octanol–water partition coefficient (Wildman–Crippen LogP) is -0.368. The van der Waals surface area contributed by atoms with Crippen molar-refractivity contribution in [3.8, 4) is 0 Å². The molecule has 1 amide bonds. The number of aliphatic hydroxyl groups excluding tert-OH is 1. The van der Waals surface area contributed by atoms with E-state index in [2.05, 4.69) is 5.32 Å². The molecule has 7 nitrogen and oxygen atoms in total. The lowest BCUT2D eigenvalue weighted by atomic mass is 10.1. The molecule has 2 N–H and O–H groups in total. The highest BCUT2D eigenvalue weighted by Crippen LogP contribution is 2.16. The fraction of sp³-hybridized carbons (Fsp3) is 0.429. The first-order chi connectivity index (χ1) is 10.2. The predicted molar refractivity (Wildman–Crippen MR) is 76.3 cm³/mol. The Hall–Kier alpha value is -2.12. The standard InChI is InChI=1S/C14H17N3O4/c18-8-7-17-11-2-1-10(9-12(11)21-14(17)20)13(19)16-5-3-15-4-6-16/h1-2,9,15,18H,3-8H2. The van der Waals surface area contributed by atoms with Crippen molar-refractivity contribution in [2.45, 2.75) is 6.54 Å². The van der Waals surface area contributed by atoms with E-state index in [4.69, 9.17) is 9.52 Å². The molecule has 1 aromatic heterocycles. The van der Waals surface area contributed by atoms with Crippen LogP contribution in [0.2, 0.25) is 0 Å². The highest BCUT2D eigenvalue weighted by molar-refractivity contribution is 5.97. The number of aromatic nitrogens is 1. The average molecular weight is 291 g/mol. The normalized spacial score (nSPS) is 15.6. The first-order valence-electron chi connectivity index (χ1n) is 6.95. The van der Waals surface area contributed by atoms with E-state index in [-0.39, 0.29) is 19.1 Å². The Kier molecular flexibility index (Phi) is 3.76. The molecular formula is C14H17N3O4. The van der Waals surface area contributed by atoms with Gasteiger partial charge in [-0.15, -0.1) is 0 Å². The number of carbonyl (C=O) groups excluding carboxylic acids is 1. The van der Waals surface area contributed by atoms with E-state index < -0.39 is 5.76 Å². The molecule has 0 spiro atoms. The summed E-state index contributed by atoms with van der Waals surface area (Å²) in [6, 6.07) is 4.97. The Morgan fingerprint density at radius 3 is 2.81 bits per heavy atom. The van der Waals surface area contributed by atoms with Crippen LogP contribution in [0.3, 0.4) is 0 Å². The van der Waals surface area contributed by atoms with E-state index in [9.17, 15) is 9.59 Å². The van der Waals surface area contributed by atoms with Crippen LogP contribution in [-0.4, -0.2) is 53.3 Å². The summed E-state index contributed by atoms with van der Waals surface area (Å²) in [5, 5.41) is 12.2. The van der Waals surface area contributed by atoms with Crippen LogP contribution in [0.5, 0.6) is 0 Å². The van der Waals surface area contributed by atoms with Crippen molar-refractivity contribution >= 4 is 17.0 Å². The largest absolute Gasteiger partial charge is 0.420 e. The minimum absolute atomic E-state index is 0.0593. The first-order valence-corrected chi connectivity index (χ1v) is 6.95. The molecule has 0 aliphatic carbocycles. The van der Waals surface area contributed by atoms with Crippen molar-refractivity contribution in [3.63, 3.8) is 0 Å². The Morgan fingerprint density at radius 2 is 2.10 bits per heavy atom. The number of fused-ring (bicyclic) bond motifs is 1. The van der Waals surface area contributed by atoms with Gasteiger partial charge in [-0.1, -0.05) is 0 Å². The van der Waals surface area contributed by atoms with Gasteiger partial charge in [-0.25, -0.2) is 4.79 Å². The molecule has 1 aromatic carbocycles. The van der Waals surface area contributed by atoms with Crippen LogP contribution in [0.25, 0.3) is 11.1 Å². The number of amides is 1. The molecule has 1 fully saturated rings. The Morgan fingerprint density at radius 1 is 1.33 bits per heavy atom. The Balaban J connectivity index is 1.94. The summed E-state index contributed by atoms with van der Waals surface area (Å²) in [5.74, 6) is -0.582. The van der Waals surface area contributed by atoms with E-state index in [0.717, 1.165) is 13.1 Å². The lowest BCUT2D eigenvalue weighted by molar-refractivity contribution is 0.0736. The van der Waals surface area contributed by atoms with Gasteiger partial charge in [0, 0.05) is 31.7 Å². The van der Waals surface area contributed by atoms with E-state index in [0.29, 0.717) is 29.8 Å². The topological polar surface area (TPSA) is 87.7 Å². The van der Waals surface area contributed by atoms with Gasteiger partial charge in [-0.05, 0) is 18.2 Å². The fourth-order valence-electron chi connectivity index (χ4n) is 2.56. The third kappa shape index (κ3) is 2.57. The van der Waals surface area contributed by atoms with Crippen LogP contribution < -0.4 is 11.1 Å². The van der Waals surface area contributed by atoms with Crippen LogP contribution >= 0.6 is 0 Å². The summed E-state index contributed by atoms with van der Waals surface area (Å²) in [4.78, 5) is 25.9. The lowest BCUT2D eigenvalue weighted by Gasteiger charge is -2.27. The molecule has 0 bridgehead atoms. The van der Waals surface area contributed by atoms with Crippen LogP contribution in [0.1, 0.15) is 10.4 Å². The van der Waals surface area contributed by atoms with Gasteiger partial charge in [-0.2, -0.15) is 0 Å². The van der Waals surface area contributed by atoms with Crippen molar-refractivity contribution in [2.24, 2.45) is 0 Å². The number of nitrogens with one attached hydrogen (secondary N) is 1. The second-order valence-corrected chi connectivity index (χ2v) is 4.97. The molecule has 7 heteroatoms. The number of rotatable bonds is 3. The molecule has 0 saturated carbocycles. The summed E-state index contributed by atoms with van der Waals surface area (Å²) in [7, 11) is 0. The molecule has 0 radical (unpaired) electrons. The minimum atomic E-state index is -0.522. The molecule has 21 heavy (non-hydrogen) atoms. The van der Waals surface area contributed by atoms with Crippen LogP contribution in [0.15, 0.2) is 27.4 Å². The molecule has 1 saturated heterocycles. The van der Waals surface area contributed by atoms with Gasteiger partial charge in [-0.3, -0.25) is 9.36 Å². The van der Waals surface area contributed by atoms with Gasteiger partial charge in [0.05, 0.1) is 18.7 Å². The van der Waals surface area contributed by atoms with Gasteiger partial charge >= 0.3 is 5.76 Å². The number of hydrogen-bond donors (Lipinski definition) is 2. The van der Waals surface area contributed by atoms with Gasteiger partial charge in [0.1, 0.15) is 0 Å². The molecular weight excluding hydrogens is 274 g/mol. The summed E-state index contributed by atoms with van der Waals surface area (Å²) in [6.45, 7) is 2.96. The molecule has 112 valence electrons. The average Bonchev–Trinajstić information content (AvgIpc) is 2.83. The number of nitrogens with zero attached hydrogens (tertiary/aromatic N) is 2. The second-order valence-electron chi connectivity index (χ2n) is 4.97. The highest BCUT2D eigenvalue weighted by Gasteiger charge is 2.19. The molecule has 1 aliphatic heterocycles. The zero-order valence-electron chi connectivity index (χ0n) is 11.5. The van der Waals surface area contributed by atoms with E-state index in [1.165, 1.54) is 4.57 Å². The Bertz CT molecular complexity index is 713. The third-order valence-electron chi connectivity index (χ3n) is 3.64. The maximum absolute atomic E-state index is 12.4. The molecule has 3 rings (SSSR count). The lowest BCUT2D eigenvalue weighted by Crippen LogP contribution is -2.46. The van der Waals surface area contributed by atoms with Crippen LogP contribution in [-0.2, 0) is 6.54 Å². The zero-order valence-corrected chi connectivity index (χ0v) is 11.5. The summed E-state index contributed by atoms with van der Waals surface area (Å²) in [6.07, 6.45) is 0. The number of piperazine rings is 1. The van der Waals surface area contributed by atoms with Gasteiger partial charge in [0.15, 0.2) is 5.58 Å². The van der Waals surface area contributed by atoms with Crippen LogP contribution in [0.4, 0.5) is 0 Å². The number of hydrogen-bond acceptors (Lipinski definition) is 5. The third-order valence-corrected chi connectivity index (χ3v) is 3.64. The van der Waals surface area contributed by atoms with Crippen molar-refractivity contribution in [3.05, 3.63) is 34.3 Å². The van der Waals surface area contributed by atoms with Gasteiger partial charge in [0.2, 0.25) is 0 Å². The van der Waals surface area contributed by atoms with E-state index in [1.807, 2.05) is 0 Å². The number of carbonyl (C=O) groups is 1.